The van der Waals surface area contributed by atoms with Crippen LogP contribution in [0.4, 0.5) is 9.18 Å². The second-order valence-corrected chi connectivity index (χ2v) is 7.62. The van der Waals surface area contributed by atoms with Gasteiger partial charge in [-0.2, -0.15) is 0 Å². The van der Waals surface area contributed by atoms with Crippen LogP contribution in [0, 0.1) is 5.82 Å². The van der Waals surface area contributed by atoms with E-state index in [0.29, 0.717) is 6.29 Å². The Hall–Kier alpha value is -3.55. The van der Waals surface area contributed by atoms with Crippen LogP contribution in [0.5, 0.6) is 0 Å². The van der Waals surface area contributed by atoms with Gasteiger partial charge in [0.05, 0.1) is 0 Å². The summed E-state index contributed by atoms with van der Waals surface area (Å²) in [5.41, 5.74) is 4.30. The van der Waals surface area contributed by atoms with Crippen LogP contribution in [0.2, 0.25) is 0 Å². The van der Waals surface area contributed by atoms with Crippen molar-refractivity contribution in [3.05, 3.63) is 94.8 Å². The number of ether oxygens (including phenoxy) is 1. The molecule has 0 heterocycles. The molecule has 0 bridgehead atoms. The van der Waals surface area contributed by atoms with E-state index in [9.17, 15) is 24.2 Å². The van der Waals surface area contributed by atoms with Gasteiger partial charge in [-0.25, -0.2) is 9.18 Å². The minimum Gasteiger partial charge on any atom is -0.449 e. The van der Waals surface area contributed by atoms with Crippen molar-refractivity contribution in [2.75, 3.05) is 13.2 Å². The van der Waals surface area contributed by atoms with Crippen LogP contribution in [0.1, 0.15) is 39.1 Å². The third-order valence-corrected chi connectivity index (χ3v) is 5.64. The fourth-order valence-corrected chi connectivity index (χ4v) is 4.02. The maximum atomic E-state index is 14.0. The molecule has 7 heteroatoms. The summed E-state index contributed by atoms with van der Waals surface area (Å²) >= 11 is 0. The molecule has 0 saturated heterocycles. The Bertz CT molecular complexity index is 1100. The van der Waals surface area contributed by atoms with Crippen molar-refractivity contribution < 1.29 is 28.9 Å². The number of fused-ring (bicyclic) bond motifs is 3. The van der Waals surface area contributed by atoms with Gasteiger partial charge in [0.1, 0.15) is 30.9 Å². The lowest BCUT2D eigenvalue weighted by Gasteiger charge is -2.20. The third kappa shape index (κ3) is 4.26. The van der Waals surface area contributed by atoms with Crippen LogP contribution in [-0.4, -0.2) is 41.8 Å². The van der Waals surface area contributed by atoms with Crippen LogP contribution in [0.15, 0.2) is 66.7 Å². The molecule has 0 aromatic heterocycles. The molecular formula is C25H22FNO5. The Balaban J connectivity index is 1.35. The summed E-state index contributed by atoms with van der Waals surface area (Å²) in [6.45, 7) is -0.253. The van der Waals surface area contributed by atoms with Crippen molar-refractivity contribution in [1.29, 1.82) is 0 Å². The average molecular weight is 435 g/mol. The Kier molecular flexibility index (Phi) is 6.30. The SMILES string of the molecule is O=Cc1ccc(F)c(C(O)C(O)CNC(=O)OCC2c3ccccc3-c3ccccc32)c1. The molecular weight excluding hydrogens is 413 g/mol. The molecule has 3 aromatic rings. The van der Waals surface area contributed by atoms with E-state index in [0.717, 1.165) is 34.4 Å². The predicted octanol–water partition coefficient (Wildman–Crippen LogP) is 3.57. The fourth-order valence-electron chi connectivity index (χ4n) is 4.02. The number of halogens is 1. The Morgan fingerprint density at radius 2 is 1.66 bits per heavy atom. The van der Waals surface area contributed by atoms with Crippen molar-refractivity contribution in [3.8, 4) is 11.1 Å². The molecule has 0 saturated carbocycles. The Morgan fingerprint density at radius 1 is 1.03 bits per heavy atom. The normalized spacial score (nSPS) is 14.2. The molecule has 164 valence electrons. The van der Waals surface area contributed by atoms with E-state index in [-0.39, 0.29) is 30.2 Å². The van der Waals surface area contributed by atoms with Crippen LogP contribution >= 0.6 is 0 Å². The zero-order chi connectivity index (χ0) is 22.7. The van der Waals surface area contributed by atoms with Gasteiger partial charge in [-0.3, -0.25) is 4.79 Å². The standard InChI is InChI=1S/C25H22FNO5/c26-22-10-9-15(13-28)11-20(22)24(30)23(29)12-27-25(31)32-14-21-18-7-3-1-5-16(18)17-6-2-4-8-19(17)21/h1-11,13,21,23-24,29-30H,12,14H2,(H,27,31). The van der Waals surface area contributed by atoms with E-state index in [1.807, 2.05) is 48.5 Å². The van der Waals surface area contributed by atoms with Crippen molar-refractivity contribution in [2.45, 2.75) is 18.1 Å². The fraction of sp³-hybridized carbons (Fsp3) is 0.200. The number of aldehydes is 1. The highest BCUT2D eigenvalue weighted by Crippen LogP contribution is 2.44. The molecule has 2 atom stereocenters. The summed E-state index contributed by atoms with van der Waals surface area (Å²) in [6, 6.07) is 19.3. The quantitative estimate of drug-likeness (QED) is 0.493. The Morgan fingerprint density at radius 3 is 2.28 bits per heavy atom. The average Bonchev–Trinajstić information content (AvgIpc) is 3.14. The number of alkyl carbamates (subject to hydrolysis) is 1. The van der Waals surface area contributed by atoms with Crippen molar-refractivity contribution in [3.63, 3.8) is 0 Å². The topological polar surface area (TPSA) is 95.9 Å². The van der Waals surface area contributed by atoms with Crippen LogP contribution < -0.4 is 5.32 Å². The van der Waals surface area contributed by atoms with E-state index in [4.69, 9.17) is 4.74 Å². The van der Waals surface area contributed by atoms with Gasteiger partial charge in [0.2, 0.25) is 0 Å². The summed E-state index contributed by atoms with van der Waals surface area (Å²) < 4.78 is 19.3. The molecule has 0 aliphatic heterocycles. The molecule has 0 spiro atoms. The molecule has 0 fully saturated rings. The van der Waals surface area contributed by atoms with E-state index >= 15 is 0 Å². The lowest BCUT2D eigenvalue weighted by molar-refractivity contribution is 0.0165. The summed E-state index contributed by atoms with van der Waals surface area (Å²) in [5, 5.41) is 22.8. The first-order chi connectivity index (χ1) is 15.5. The van der Waals surface area contributed by atoms with Gasteiger partial charge in [0.25, 0.3) is 0 Å². The number of nitrogens with one attached hydrogen (secondary N) is 1. The number of hydrogen-bond donors (Lipinski definition) is 3. The first kappa shape index (κ1) is 21.7. The Labute approximate surface area is 184 Å². The second-order valence-electron chi connectivity index (χ2n) is 7.62. The largest absolute Gasteiger partial charge is 0.449 e. The molecule has 1 aliphatic rings. The van der Waals surface area contributed by atoms with Crippen LogP contribution in [0.25, 0.3) is 11.1 Å². The number of carbonyl (C=O) groups is 2. The van der Waals surface area contributed by atoms with E-state index in [2.05, 4.69) is 5.32 Å². The summed E-state index contributed by atoms with van der Waals surface area (Å²) in [5.74, 6) is -0.868. The second kappa shape index (κ2) is 9.30. The number of benzene rings is 3. The summed E-state index contributed by atoms with van der Waals surface area (Å²) in [7, 11) is 0. The number of carbonyl (C=O) groups excluding carboxylic acids is 2. The van der Waals surface area contributed by atoms with Gasteiger partial charge in [-0.05, 0) is 40.5 Å². The van der Waals surface area contributed by atoms with Gasteiger partial charge in [-0.1, -0.05) is 48.5 Å². The number of aliphatic hydroxyl groups is 2. The molecule has 2 unspecified atom stereocenters. The molecule has 4 rings (SSSR count). The summed E-state index contributed by atoms with van der Waals surface area (Å²) in [6.07, 6.45) is -3.37. The lowest BCUT2D eigenvalue weighted by atomic mass is 9.98. The summed E-state index contributed by atoms with van der Waals surface area (Å²) in [4.78, 5) is 23.1. The molecule has 32 heavy (non-hydrogen) atoms. The minimum absolute atomic E-state index is 0.106. The maximum absolute atomic E-state index is 14.0. The first-order valence-electron chi connectivity index (χ1n) is 10.2. The van der Waals surface area contributed by atoms with Gasteiger partial charge >= 0.3 is 6.09 Å². The van der Waals surface area contributed by atoms with Gasteiger partial charge in [0.15, 0.2) is 0 Å². The molecule has 1 amide bonds. The molecule has 1 aliphatic carbocycles. The van der Waals surface area contributed by atoms with Gasteiger partial charge in [-0.15, -0.1) is 0 Å². The highest BCUT2D eigenvalue weighted by Gasteiger charge is 2.29. The number of amides is 1. The molecule has 3 N–H and O–H groups in total. The van der Waals surface area contributed by atoms with Crippen LogP contribution in [0.3, 0.4) is 0 Å². The molecule has 3 aromatic carbocycles. The molecule has 6 nitrogen and oxygen atoms in total. The number of hydrogen-bond acceptors (Lipinski definition) is 5. The van der Waals surface area contributed by atoms with E-state index in [1.165, 1.54) is 6.07 Å². The van der Waals surface area contributed by atoms with Gasteiger partial charge in [0, 0.05) is 23.6 Å². The monoisotopic (exact) mass is 435 g/mol. The first-order valence-corrected chi connectivity index (χ1v) is 10.2. The number of aliphatic hydroxyl groups excluding tert-OH is 2. The lowest BCUT2D eigenvalue weighted by Crippen LogP contribution is -2.36. The van der Waals surface area contributed by atoms with Gasteiger partial charge < -0.3 is 20.3 Å². The zero-order valence-corrected chi connectivity index (χ0v) is 17.1. The van der Waals surface area contributed by atoms with Crippen molar-refractivity contribution in [1.82, 2.24) is 5.32 Å². The molecule has 0 radical (unpaired) electrons. The predicted molar refractivity (Wildman–Crippen MR) is 116 cm³/mol. The highest BCUT2D eigenvalue weighted by atomic mass is 19.1. The third-order valence-electron chi connectivity index (χ3n) is 5.64. The smallest absolute Gasteiger partial charge is 0.407 e. The zero-order valence-electron chi connectivity index (χ0n) is 17.1. The van der Waals surface area contributed by atoms with E-state index < -0.39 is 24.1 Å². The number of rotatable bonds is 7. The van der Waals surface area contributed by atoms with Crippen molar-refractivity contribution in [2.24, 2.45) is 0 Å². The highest BCUT2D eigenvalue weighted by molar-refractivity contribution is 5.79. The van der Waals surface area contributed by atoms with Crippen LogP contribution in [-0.2, 0) is 4.74 Å². The minimum atomic E-state index is -1.62. The van der Waals surface area contributed by atoms with Crippen molar-refractivity contribution >= 4 is 12.4 Å². The van der Waals surface area contributed by atoms with E-state index in [1.54, 1.807) is 0 Å². The maximum Gasteiger partial charge on any atom is 0.407 e.